The van der Waals surface area contributed by atoms with Crippen LogP contribution in [0.15, 0.2) is 42.5 Å². The van der Waals surface area contributed by atoms with Crippen LogP contribution in [-0.4, -0.2) is 18.6 Å². The van der Waals surface area contributed by atoms with E-state index in [1.54, 1.807) is 7.11 Å². The molecule has 0 fully saturated rings. The normalized spacial score (nSPS) is 15.3. The van der Waals surface area contributed by atoms with E-state index in [0.717, 1.165) is 25.4 Å². The monoisotopic (exact) mass is 282 g/mol. The second-order valence-corrected chi connectivity index (χ2v) is 5.66. The van der Waals surface area contributed by atoms with Gasteiger partial charge in [-0.15, -0.1) is 0 Å². The van der Waals surface area contributed by atoms with Crippen molar-refractivity contribution in [3.8, 4) is 5.75 Å². The third kappa shape index (κ3) is 3.19. The number of hydrogen-bond donors (Lipinski definition) is 1. The molecule has 0 radical (unpaired) electrons. The van der Waals surface area contributed by atoms with Gasteiger partial charge < -0.3 is 10.5 Å². The second-order valence-electron chi connectivity index (χ2n) is 5.66. The van der Waals surface area contributed by atoms with Crippen molar-refractivity contribution in [2.24, 2.45) is 0 Å². The number of nitrogens with two attached hydrogens (primary N) is 1. The molecule has 0 bridgehead atoms. The van der Waals surface area contributed by atoms with Gasteiger partial charge in [0.05, 0.1) is 12.8 Å². The van der Waals surface area contributed by atoms with Crippen LogP contribution in [0, 0.1) is 0 Å². The molecule has 0 amide bonds. The summed E-state index contributed by atoms with van der Waals surface area (Å²) in [6.07, 6.45) is 2.39. The van der Waals surface area contributed by atoms with Crippen molar-refractivity contribution in [2.45, 2.75) is 25.9 Å². The quantitative estimate of drug-likeness (QED) is 0.878. The first kappa shape index (κ1) is 14.0. The Kier molecular flexibility index (Phi) is 4.11. The van der Waals surface area contributed by atoms with E-state index in [1.165, 1.54) is 29.5 Å². The Balaban J connectivity index is 1.75. The van der Waals surface area contributed by atoms with Crippen molar-refractivity contribution in [3.05, 3.63) is 59.2 Å². The molecule has 0 saturated heterocycles. The predicted octanol–water partition coefficient (Wildman–Crippen LogP) is 3.23. The zero-order valence-electron chi connectivity index (χ0n) is 12.5. The fraction of sp³-hybridized carbons (Fsp3) is 0.333. The number of ether oxygens (including phenoxy) is 1. The molecule has 2 aromatic carbocycles. The number of benzene rings is 2. The number of anilines is 1. The lowest BCUT2D eigenvalue weighted by Gasteiger charge is -2.21. The summed E-state index contributed by atoms with van der Waals surface area (Å²) in [7, 11) is 1.65. The van der Waals surface area contributed by atoms with E-state index in [1.807, 2.05) is 12.1 Å². The maximum Gasteiger partial charge on any atom is 0.141 e. The summed E-state index contributed by atoms with van der Waals surface area (Å²) >= 11 is 0. The van der Waals surface area contributed by atoms with E-state index in [0.29, 0.717) is 5.69 Å². The third-order valence-electron chi connectivity index (χ3n) is 4.13. The molecule has 0 unspecified atom stereocenters. The van der Waals surface area contributed by atoms with E-state index in [2.05, 4.69) is 35.2 Å². The highest BCUT2D eigenvalue weighted by Gasteiger charge is 2.14. The van der Waals surface area contributed by atoms with E-state index in [-0.39, 0.29) is 0 Å². The highest BCUT2D eigenvalue weighted by molar-refractivity contribution is 5.54. The van der Waals surface area contributed by atoms with Crippen LogP contribution in [0.1, 0.15) is 23.1 Å². The van der Waals surface area contributed by atoms with Gasteiger partial charge in [-0.1, -0.05) is 30.3 Å². The highest BCUT2D eigenvalue weighted by atomic mass is 16.5. The summed E-state index contributed by atoms with van der Waals surface area (Å²) in [4.78, 5) is 2.49. The van der Waals surface area contributed by atoms with Gasteiger partial charge in [0, 0.05) is 13.1 Å². The van der Waals surface area contributed by atoms with Gasteiger partial charge >= 0.3 is 0 Å². The van der Waals surface area contributed by atoms with Crippen LogP contribution in [-0.2, 0) is 19.5 Å². The summed E-state index contributed by atoms with van der Waals surface area (Å²) < 4.78 is 5.22. The van der Waals surface area contributed by atoms with Crippen molar-refractivity contribution in [1.29, 1.82) is 0 Å². The zero-order valence-corrected chi connectivity index (χ0v) is 12.5. The Hall–Kier alpha value is -2.00. The average Bonchev–Trinajstić information content (AvgIpc) is 2.69. The van der Waals surface area contributed by atoms with Crippen LogP contribution in [0.25, 0.3) is 0 Å². The van der Waals surface area contributed by atoms with Gasteiger partial charge in [0.1, 0.15) is 5.75 Å². The number of methoxy groups -OCH3 is 1. The maximum atomic E-state index is 6.00. The van der Waals surface area contributed by atoms with Crippen LogP contribution >= 0.6 is 0 Å². The molecule has 110 valence electrons. The molecule has 2 aromatic rings. The van der Waals surface area contributed by atoms with Crippen LogP contribution in [0.5, 0.6) is 5.75 Å². The van der Waals surface area contributed by atoms with Gasteiger partial charge in [0.15, 0.2) is 0 Å². The number of fused-ring (bicyclic) bond motifs is 1. The summed E-state index contributed by atoms with van der Waals surface area (Å²) in [5.74, 6) is 0.750. The molecule has 3 heteroatoms. The smallest absolute Gasteiger partial charge is 0.141 e. The molecular formula is C18H22N2O. The molecule has 1 heterocycles. The van der Waals surface area contributed by atoms with E-state index >= 15 is 0 Å². The zero-order chi connectivity index (χ0) is 14.7. The molecule has 0 aliphatic carbocycles. The summed E-state index contributed by atoms with van der Waals surface area (Å²) in [6.45, 7) is 3.07. The Morgan fingerprint density at radius 3 is 2.71 bits per heavy atom. The van der Waals surface area contributed by atoms with Gasteiger partial charge in [-0.3, -0.25) is 4.90 Å². The van der Waals surface area contributed by atoms with Crippen LogP contribution < -0.4 is 10.5 Å². The first-order valence-electron chi connectivity index (χ1n) is 7.48. The van der Waals surface area contributed by atoms with Crippen molar-refractivity contribution in [1.82, 2.24) is 4.90 Å². The van der Waals surface area contributed by atoms with Crippen molar-refractivity contribution >= 4 is 5.69 Å². The minimum Gasteiger partial charge on any atom is -0.495 e. The Morgan fingerprint density at radius 1 is 1.14 bits per heavy atom. The van der Waals surface area contributed by atoms with Crippen molar-refractivity contribution in [2.75, 3.05) is 19.4 Å². The molecule has 1 aliphatic heterocycles. The van der Waals surface area contributed by atoms with E-state index in [9.17, 15) is 0 Å². The average molecular weight is 282 g/mol. The molecule has 0 saturated carbocycles. The third-order valence-corrected chi connectivity index (χ3v) is 4.13. The molecule has 3 nitrogen and oxygen atoms in total. The maximum absolute atomic E-state index is 6.00. The van der Waals surface area contributed by atoms with Crippen molar-refractivity contribution in [3.63, 3.8) is 0 Å². The lowest BCUT2D eigenvalue weighted by molar-refractivity contribution is 0.261. The van der Waals surface area contributed by atoms with Crippen LogP contribution in [0.2, 0.25) is 0 Å². The predicted molar refractivity (Wildman–Crippen MR) is 86.3 cm³/mol. The Bertz CT molecular complexity index is 624. The summed E-state index contributed by atoms with van der Waals surface area (Å²) in [6, 6.07) is 14.9. The van der Waals surface area contributed by atoms with Gasteiger partial charge in [0.25, 0.3) is 0 Å². The molecule has 21 heavy (non-hydrogen) atoms. The number of nitrogens with zero attached hydrogens (tertiary/aromatic N) is 1. The second kappa shape index (κ2) is 6.19. The Morgan fingerprint density at radius 2 is 1.95 bits per heavy atom. The highest BCUT2D eigenvalue weighted by Crippen LogP contribution is 2.24. The number of hydrogen-bond acceptors (Lipinski definition) is 3. The molecule has 3 rings (SSSR count). The Labute approximate surface area is 126 Å². The summed E-state index contributed by atoms with van der Waals surface area (Å²) in [5.41, 5.74) is 10.9. The molecular weight excluding hydrogens is 260 g/mol. The van der Waals surface area contributed by atoms with Gasteiger partial charge in [-0.05, 0) is 48.2 Å². The summed E-state index contributed by atoms with van der Waals surface area (Å²) in [5, 5.41) is 0. The fourth-order valence-corrected chi connectivity index (χ4v) is 3.04. The lowest BCUT2D eigenvalue weighted by Crippen LogP contribution is -2.22. The topological polar surface area (TPSA) is 38.5 Å². The molecule has 0 atom stereocenters. The van der Waals surface area contributed by atoms with Crippen LogP contribution in [0.4, 0.5) is 5.69 Å². The number of rotatable bonds is 3. The van der Waals surface area contributed by atoms with Gasteiger partial charge in [-0.2, -0.15) is 0 Å². The number of aryl methyl sites for hydroxylation is 1. The number of nitrogen functional groups attached to an aromatic ring is 1. The fourth-order valence-electron chi connectivity index (χ4n) is 3.04. The molecule has 0 spiro atoms. The molecule has 0 aromatic heterocycles. The molecule has 1 aliphatic rings. The molecule has 2 N–H and O–H groups in total. The van der Waals surface area contributed by atoms with Crippen molar-refractivity contribution < 1.29 is 4.74 Å². The minimum absolute atomic E-state index is 0.713. The van der Waals surface area contributed by atoms with Crippen LogP contribution in [0.3, 0.4) is 0 Å². The van der Waals surface area contributed by atoms with Gasteiger partial charge in [-0.25, -0.2) is 0 Å². The largest absolute Gasteiger partial charge is 0.495 e. The standard InChI is InChI=1S/C18H22N2O/c1-21-18-9-8-14(11-17(18)19)12-20-10-4-7-15-5-2-3-6-16(15)13-20/h2-3,5-6,8-9,11H,4,7,10,12-13,19H2,1H3. The lowest BCUT2D eigenvalue weighted by atomic mass is 10.0. The first-order valence-corrected chi connectivity index (χ1v) is 7.48. The van der Waals surface area contributed by atoms with E-state index < -0.39 is 0 Å². The SMILES string of the molecule is COc1ccc(CN2CCCc3ccccc3C2)cc1N. The van der Waals surface area contributed by atoms with E-state index in [4.69, 9.17) is 10.5 Å². The van der Waals surface area contributed by atoms with Gasteiger partial charge in [0.2, 0.25) is 0 Å². The minimum atomic E-state index is 0.713. The first-order chi connectivity index (χ1) is 10.3.